The summed E-state index contributed by atoms with van der Waals surface area (Å²) in [4.78, 5) is 11.7. The maximum absolute atomic E-state index is 13.0. The molecule has 1 heterocycles. The summed E-state index contributed by atoms with van der Waals surface area (Å²) in [6.45, 7) is 4.17. The summed E-state index contributed by atoms with van der Waals surface area (Å²) in [6.07, 6.45) is -4.78. The van der Waals surface area contributed by atoms with Crippen LogP contribution in [-0.2, 0) is 21.0 Å². The molecule has 2 rings (SSSR count). The smallest absolute Gasteiger partial charge is 0.354 e. The Bertz CT molecular complexity index is 785. The summed E-state index contributed by atoms with van der Waals surface area (Å²) in [5.41, 5.74) is -1.23. The van der Waals surface area contributed by atoms with Crippen molar-refractivity contribution in [2.45, 2.75) is 31.0 Å². The largest absolute Gasteiger partial charge is 0.417 e. The monoisotopic (exact) mass is 430 g/mol. The zero-order valence-corrected chi connectivity index (χ0v) is 16.4. The first-order valence-electron chi connectivity index (χ1n) is 7.68. The number of benzene rings is 1. The van der Waals surface area contributed by atoms with Crippen LogP contribution < -0.4 is 5.32 Å². The van der Waals surface area contributed by atoms with Crippen LogP contribution in [0.25, 0.3) is 0 Å². The predicted octanol–water partition coefficient (Wildman–Crippen LogP) is 3.19. The molecule has 0 spiro atoms. The highest BCUT2D eigenvalue weighted by molar-refractivity contribution is 8.00. The molecule has 1 fully saturated rings. The number of hydrogen-bond donors (Lipinski definition) is 1. The number of carbonyl (C=O) groups is 1. The maximum Gasteiger partial charge on any atom is 0.417 e. The average molecular weight is 431 g/mol. The molecule has 1 saturated heterocycles. The molecule has 146 valence electrons. The van der Waals surface area contributed by atoms with Crippen molar-refractivity contribution in [1.29, 1.82) is 0 Å². The van der Waals surface area contributed by atoms with Gasteiger partial charge in [-0.15, -0.1) is 11.8 Å². The van der Waals surface area contributed by atoms with Gasteiger partial charge in [-0.3, -0.25) is 4.79 Å². The van der Waals surface area contributed by atoms with Crippen LogP contribution in [0.15, 0.2) is 23.1 Å². The second kappa shape index (κ2) is 7.95. The maximum atomic E-state index is 13.0. The quantitative estimate of drug-likeness (QED) is 0.779. The van der Waals surface area contributed by atoms with Crippen LogP contribution in [0.2, 0.25) is 5.02 Å². The molecule has 0 aliphatic carbocycles. The van der Waals surface area contributed by atoms with Crippen molar-refractivity contribution in [2.75, 3.05) is 18.2 Å². The summed E-state index contributed by atoms with van der Waals surface area (Å²) < 4.78 is 65.6. The molecule has 1 amide bonds. The molecule has 0 bridgehead atoms. The van der Waals surface area contributed by atoms with E-state index in [0.717, 1.165) is 16.4 Å². The molecular weight excluding hydrogens is 413 g/mol. The Labute approximate surface area is 159 Å². The summed E-state index contributed by atoms with van der Waals surface area (Å²) >= 11 is 6.77. The van der Waals surface area contributed by atoms with Gasteiger partial charge in [-0.25, -0.2) is 8.42 Å². The predicted molar refractivity (Wildman–Crippen MR) is 94.4 cm³/mol. The molecule has 1 aliphatic rings. The minimum Gasteiger partial charge on any atom is -0.354 e. The van der Waals surface area contributed by atoms with Gasteiger partial charge in [0, 0.05) is 12.3 Å². The lowest BCUT2D eigenvalue weighted by atomic mass is 10.2. The molecule has 1 unspecified atom stereocenters. The van der Waals surface area contributed by atoms with Gasteiger partial charge < -0.3 is 5.32 Å². The summed E-state index contributed by atoms with van der Waals surface area (Å²) in [5, 5.41) is 2.08. The number of rotatable bonds is 5. The molecule has 1 aromatic rings. The molecule has 11 heteroatoms. The third-order valence-electron chi connectivity index (χ3n) is 3.68. The SMILES string of the molecule is CC(C)CNC(=O)C1CSCN1S(=O)(=O)c1ccc(Cl)c(C(F)(F)F)c1. The van der Waals surface area contributed by atoms with Gasteiger partial charge in [0.25, 0.3) is 0 Å². The van der Waals surface area contributed by atoms with Gasteiger partial charge in [-0.2, -0.15) is 17.5 Å². The number of alkyl halides is 3. The van der Waals surface area contributed by atoms with E-state index in [1.165, 1.54) is 11.8 Å². The van der Waals surface area contributed by atoms with Crippen molar-refractivity contribution in [1.82, 2.24) is 9.62 Å². The average Bonchev–Trinajstić information content (AvgIpc) is 3.02. The lowest BCUT2D eigenvalue weighted by Gasteiger charge is -2.23. The molecule has 1 N–H and O–H groups in total. The van der Waals surface area contributed by atoms with Crippen molar-refractivity contribution >= 4 is 39.3 Å². The van der Waals surface area contributed by atoms with Gasteiger partial charge in [-0.1, -0.05) is 25.4 Å². The lowest BCUT2D eigenvalue weighted by molar-refractivity contribution is -0.137. The second-order valence-corrected chi connectivity index (χ2v) is 9.48. The molecule has 26 heavy (non-hydrogen) atoms. The van der Waals surface area contributed by atoms with E-state index < -0.39 is 43.6 Å². The highest BCUT2D eigenvalue weighted by Crippen LogP contribution is 2.37. The number of carbonyl (C=O) groups excluding carboxylic acids is 1. The van der Waals surface area contributed by atoms with Crippen LogP contribution in [0, 0.1) is 5.92 Å². The molecule has 0 aromatic heterocycles. The number of halogens is 4. The van der Waals surface area contributed by atoms with E-state index in [4.69, 9.17) is 11.6 Å². The molecule has 5 nitrogen and oxygen atoms in total. The fourth-order valence-electron chi connectivity index (χ4n) is 2.31. The molecule has 1 aromatic carbocycles. The Morgan fingerprint density at radius 3 is 2.65 bits per heavy atom. The van der Waals surface area contributed by atoms with Crippen LogP contribution in [0.1, 0.15) is 19.4 Å². The van der Waals surface area contributed by atoms with Crippen molar-refractivity contribution < 1.29 is 26.4 Å². The van der Waals surface area contributed by atoms with E-state index in [9.17, 15) is 26.4 Å². The Balaban J connectivity index is 2.33. The number of hydrogen-bond acceptors (Lipinski definition) is 4. The summed E-state index contributed by atoms with van der Waals surface area (Å²) in [6, 6.07) is 1.45. The van der Waals surface area contributed by atoms with Crippen molar-refractivity contribution in [2.24, 2.45) is 5.92 Å². The lowest BCUT2D eigenvalue weighted by Crippen LogP contribution is -2.47. The van der Waals surface area contributed by atoms with E-state index >= 15 is 0 Å². The van der Waals surface area contributed by atoms with Crippen LogP contribution in [0.4, 0.5) is 13.2 Å². The molecular formula is C15H18ClF3N2O3S2. The van der Waals surface area contributed by atoms with Crippen molar-refractivity contribution in [3.63, 3.8) is 0 Å². The third-order valence-corrected chi connectivity index (χ3v) is 7.03. The fourth-order valence-corrected chi connectivity index (χ4v) is 5.71. The van der Waals surface area contributed by atoms with Crippen molar-refractivity contribution in [3.05, 3.63) is 28.8 Å². The first-order chi connectivity index (χ1) is 11.9. The minimum atomic E-state index is -4.78. The Morgan fingerprint density at radius 2 is 2.08 bits per heavy atom. The highest BCUT2D eigenvalue weighted by atomic mass is 35.5. The zero-order chi connectivity index (χ0) is 19.7. The van der Waals surface area contributed by atoms with E-state index in [-0.39, 0.29) is 17.5 Å². The van der Waals surface area contributed by atoms with Gasteiger partial charge in [0.2, 0.25) is 15.9 Å². The fraction of sp³-hybridized carbons (Fsp3) is 0.533. The van der Waals surface area contributed by atoms with E-state index in [0.29, 0.717) is 12.6 Å². The van der Waals surface area contributed by atoms with Gasteiger partial charge in [0.1, 0.15) is 6.04 Å². The second-order valence-electron chi connectivity index (χ2n) is 6.19. The summed E-state index contributed by atoms with van der Waals surface area (Å²) in [7, 11) is -4.28. The van der Waals surface area contributed by atoms with Gasteiger partial charge in [0.05, 0.1) is 21.4 Å². The Morgan fingerprint density at radius 1 is 1.42 bits per heavy atom. The van der Waals surface area contributed by atoms with E-state index in [1.54, 1.807) is 0 Å². The first-order valence-corrected chi connectivity index (χ1v) is 10.7. The number of sulfonamides is 1. The molecule has 0 saturated carbocycles. The Kier molecular flexibility index (Phi) is 6.53. The minimum absolute atomic E-state index is 0.00786. The normalized spacial score (nSPS) is 19.1. The number of amides is 1. The number of thioether (sulfide) groups is 1. The van der Waals surface area contributed by atoms with Crippen LogP contribution in [0.5, 0.6) is 0 Å². The molecule has 0 radical (unpaired) electrons. The first kappa shape index (κ1) is 21.3. The van der Waals surface area contributed by atoms with Gasteiger partial charge >= 0.3 is 6.18 Å². The zero-order valence-electron chi connectivity index (χ0n) is 14.0. The van der Waals surface area contributed by atoms with Gasteiger partial charge in [0.15, 0.2) is 0 Å². The molecule has 1 atom stereocenters. The van der Waals surface area contributed by atoms with Crippen LogP contribution >= 0.6 is 23.4 Å². The highest BCUT2D eigenvalue weighted by Gasteiger charge is 2.41. The van der Waals surface area contributed by atoms with E-state index in [1.807, 2.05) is 13.8 Å². The van der Waals surface area contributed by atoms with Crippen molar-refractivity contribution in [3.8, 4) is 0 Å². The standard InChI is InChI=1S/C15H18ClF3N2O3S2/c1-9(2)6-20-14(22)13-7-25-8-21(13)26(23,24)10-3-4-12(16)11(5-10)15(17,18)19/h3-5,9,13H,6-8H2,1-2H3,(H,20,22). The number of nitrogens with zero attached hydrogens (tertiary/aromatic N) is 1. The van der Waals surface area contributed by atoms with Crippen LogP contribution in [-0.4, -0.2) is 42.8 Å². The third kappa shape index (κ3) is 4.65. The molecule has 1 aliphatic heterocycles. The van der Waals surface area contributed by atoms with Crippen LogP contribution in [0.3, 0.4) is 0 Å². The van der Waals surface area contributed by atoms with Gasteiger partial charge in [-0.05, 0) is 24.1 Å². The number of nitrogens with one attached hydrogen (secondary N) is 1. The summed E-state index contributed by atoms with van der Waals surface area (Å²) in [5.74, 6) is -0.0458. The van der Waals surface area contributed by atoms with E-state index in [2.05, 4.69) is 5.32 Å². The Hall–Kier alpha value is -0.970. The topological polar surface area (TPSA) is 66.5 Å².